The lowest BCUT2D eigenvalue weighted by Crippen LogP contribution is -2.44. The zero-order valence-corrected chi connectivity index (χ0v) is 13.7. The zero-order valence-electron chi connectivity index (χ0n) is 13.0. The number of hydrogen-bond acceptors (Lipinski definition) is 5. The Kier molecular flexibility index (Phi) is 4.65. The average Bonchev–Trinajstić information content (AvgIpc) is 2.56. The number of nitrogens with zero attached hydrogens (tertiary/aromatic N) is 4. The number of pyridine rings is 1. The summed E-state index contributed by atoms with van der Waals surface area (Å²) in [7, 11) is 2.13. The van der Waals surface area contributed by atoms with E-state index < -0.39 is 0 Å². The normalized spacial score (nSPS) is 15.3. The molecule has 23 heavy (non-hydrogen) atoms. The number of nitrogens with one attached hydrogen (secondary N) is 1. The van der Waals surface area contributed by atoms with E-state index in [0.717, 1.165) is 42.6 Å². The highest BCUT2D eigenvalue weighted by molar-refractivity contribution is 6.33. The molecule has 0 aliphatic carbocycles. The Morgan fingerprint density at radius 3 is 2.65 bits per heavy atom. The molecule has 1 aliphatic rings. The minimum atomic E-state index is 0.384. The maximum absolute atomic E-state index is 8.90. The van der Waals surface area contributed by atoms with Crippen molar-refractivity contribution in [1.29, 1.82) is 5.26 Å². The number of aromatic nitrogens is 1. The van der Waals surface area contributed by atoms with Gasteiger partial charge in [0.1, 0.15) is 17.6 Å². The van der Waals surface area contributed by atoms with Crippen molar-refractivity contribution in [3.8, 4) is 6.07 Å². The van der Waals surface area contributed by atoms with Crippen molar-refractivity contribution in [3.63, 3.8) is 0 Å². The van der Waals surface area contributed by atoms with Crippen molar-refractivity contribution in [2.45, 2.75) is 0 Å². The molecule has 0 bridgehead atoms. The number of halogens is 1. The van der Waals surface area contributed by atoms with Crippen LogP contribution >= 0.6 is 11.6 Å². The lowest BCUT2D eigenvalue weighted by molar-refractivity contribution is 0.313. The van der Waals surface area contributed by atoms with E-state index in [9.17, 15) is 0 Å². The fraction of sp³-hybridized carbons (Fsp3) is 0.294. The van der Waals surface area contributed by atoms with Crippen molar-refractivity contribution in [2.75, 3.05) is 43.4 Å². The molecule has 2 heterocycles. The molecule has 118 valence electrons. The third kappa shape index (κ3) is 3.73. The summed E-state index contributed by atoms with van der Waals surface area (Å²) in [5.41, 5.74) is 2.30. The minimum absolute atomic E-state index is 0.384. The molecule has 6 heteroatoms. The van der Waals surface area contributed by atoms with Gasteiger partial charge in [0, 0.05) is 31.9 Å². The third-order valence-corrected chi connectivity index (χ3v) is 4.23. The molecule has 2 aromatic rings. The summed E-state index contributed by atoms with van der Waals surface area (Å²) in [6, 6.07) is 13.2. The lowest BCUT2D eigenvalue weighted by Gasteiger charge is -2.34. The van der Waals surface area contributed by atoms with Crippen LogP contribution in [-0.2, 0) is 0 Å². The Hall–Kier alpha value is -2.29. The topological polar surface area (TPSA) is 55.2 Å². The Morgan fingerprint density at radius 2 is 1.96 bits per heavy atom. The van der Waals surface area contributed by atoms with E-state index in [4.69, 9.17) is 16.9 Å². The predicted molar refractivity (Wildman–Crippen MR) is 93.4 cm³/mol. The third-order valence-electron chi connectivity index (χ3n) is 3.93. The molecule has 0 amide bonds. The molecule has 1 aromatic heterocycles. The van der Waals surface area contributed by atoms with Crippen molar-refractivity contribution >= 4 is 28.8 Å². The Bertz CT molecular complexity index is 732. The first-order chi connectivity index (χ1) is 11.2. The Morgan fingerprint density at radius 1 is 1.17 bits per heavy atom. The lowest BCUT2D eigenvalue weighted by atomic mass is 10.2. The molecule has 1 saturated heterocycles. The number of piperazine rings is 1. The van der Waals surface area contributed by atoms with Crippen molar-refractivity contribution < 1.29 is 0 Å². The molecule has 5 nitrogen and oxygen atoms in total. The van der Waals surface area contributed by atoms with Crippen LogP contribution in [-0.4, -0.2) is 43.1 Å². The van der Waals surface area contributed by atoms with E-state index in [0.29, 0.717) is 11.5 Å². The van der Waals surface area contributed by atoms with E-state index in [1.165, 1.54) is 0 Å². The number of nitriles is 1. The van der Waals surface area contributed by atoms with Gasteiger partial charge in [-0.25, -0.2) is 4.98 Å². The smallest absolute Gasteiger partial charge is 0.142 e. The van der Waals surface area contributed by atoms with Gasteiger partial charge >= 0.3 is 0 Å². The van der Waals surface area contributed by atoms with E-state index in [-0.39, 0.29) is 0 Å². The zero-order chi connectivity index (χ0) is 16.2. The SMILES string of the molecule is CN1CCN(c2ccc(Nc3cccc(C#N)n3)cc2Cl)CC1. The molecule has 0 radical (unpaired) electrons. The van der Waals surface area contributed by atoms with Crippen LogP contribution in [0.5, 0.6) is 0 Å². The monoisotopic (exact) mass is 327 g/mol. The van der Waals surface area contributed by atoms with E-state index >= 15 is 0 Å². The summed E-state index contributed by atoms with van der Waals surface area (Å²) in [5, 5.41) is 12.8. The summed E-state index contributed by atoms with van der Waals surface area (Å²) in [6.07, 6.45) is 0. The second-order valence-corrected chi connectivity index (χ2v) is 6.01. The van der Waals surface area contributed by atoms with Crippen LogP contribution in [0.1, 0.15) is 5.69 Å². The van der Waals surface area contributed by atoms with Crippen molar-refractivity contribution in [1.82, 2.24) is 9.88 Å². The van der Waals surface area contributed by atoms with Crippen LogP contribution in [0.25, 0.3) is 0 Å². The van der Waals surface area contributed by atoms with Crippen LogP contribution in [0.2, 0.25) is 5.02 Å². The first-order valence-electron chi connectivity index (χ1n) is 7.53. The maximum Gasteiger partial charge on any atom is 0.142 e. The molecule has 0 atom stereocenters. The summed E-state index contributed by atoms with van der Waals surface area (Å²) in [6.45, 7) is 4.05. The van der Waals surface area contributed by atoms with Crippen LogP contribution in [0.15, 0.2) is 36.4 Å². The highest BCUT2D eigenvalue weighted by Gasteiger charge is 2.16. The Labute approximate surface area is 141 Å². The summed E-state index contributed by atoms with van der Waals surface area (Å²) < 4.78 is 0. The second-order valence-electron chi connectivity index (χ2n) is 5.60. The number of rotatable bonds is 3. The predicted octanol–water partition coefficient (Wildman–Crippen LogP) is 3.10. The molecule has 1 aliphatic heterocycles. The van der Waals surface area contributed by atoms with Crippen molar-refractivity contribution in [2.24, 2.45) is 0 Å². The summed E-state index contributed by atoms with van der Waals surface area (Å²) in [5.74, 6) is 0.632. The first kappa shape index (κ1) is 15.6. The summed E-state index contributed by atoms with van der Waals surface area (Å²) in [4.78, 5) is 8.83. The Balaban J connectivity index is 1.75. The first-order valence-corrected chi connectivity index (χ1v) is 7.91. The summed E-state index contributed by atoms with van der Waals surface area (Å²) >= 11 is 6.46. The highest BCUT2D eigenvalue weighted by Crippen LogP contribution is 2.30. The molecule has 1 fully saturated rings. The van der Waals surface area contributed by atoms with Gasteiger partial charge in [0.05, 0.1) is 10.7 Å². The molecular weight excluding hydrogens is 310 g/mol. The maximum atomic E-state index is 8.90. The number of hydrogen-bond donors (Lipinski definition) is 1. The molecular formula is C17H18ClN5. The molecule has 1 N–H and O–H groups in total. The van der Waals surface area contributed by atoms with Gasteiger partial charge in [0.15, 0.2) is 0 Å². The minimum Gasteiger partial charge on any atom is -0.368 e. The average molecular weight is 328 g/mol. The van der Waals surface area contributed by atoms with Gasteiger partial charge in [0.25, 0.3) is 0 Å². The second kappa shape index (κ2) is 6.86. The highest BCUT2D eigenvalue weighted by atomic mass is 35.5. The van der Waals surface area contributed by atoms with Gasteiger partial charge < -0.3 is 15.1 Å². The molecule has 1 aromatic carbocycles. The number of likely N-dealkylation sites (N-methyl/N-ethyl adjacent to an activating group) is 1. The van der Waals surface area contributed by atoms with Gasteiger partial charge in [-0.05, 0) is 37.4 Å². The van der Waals surface area contributed by atoms with E-state index in [2.05, 4.69) is 27.1 Å². The quantitative estimate of drug-likeness (QED) is 0.938. The number of benzene rings is 1. The van der Waals surface area contributed by atoms with Crippen molar-refractivity contribution in [3.05, 3.63) is 47.1 Å². The fourth-order valence-corrected chi connectivity index (χ4v) is 2.90. The van der Waals surface area contributed by atoms with Gasteiger partial charge in [-0.1, -0.05) is 17.7 Å². The fourth-order valence-electron chi connectivity index (χ4n) is 2.60. The van der Waals surface area contributed by atoms with E-state index in [1.54, 1.807) is 12.1 Å². The molecule has 0 saturated carbocycles. The molecule has 0 unspecified atom stereocenters. The molecule has 0 spiro atoms. The van der Waals surface area contributed by atoms with Gasteiger partial charge in [-0.15, -0.1) is 0 Å². The van der Waals surface area contributed by atoms with Crippen LogP contribution < -0.4 is 10.2 Å². The van der Waals surface area contributed by atoms with E-state index in [1.807, 2.05) is 30.3 Å². The van der Waals surface area contributed by atoms with Gasteiger partial charge in [0.2, 0.25) is 0 Å². The van der Waals surface area contributed by atoms with Crippen LogP contribution in [0.3, 0.4) is 0 Å². The van der Waals surface area contributed by atoms with Crippen LogP contribution in [0, 0.1) is 11.3 Å². The standard InChI is InChI=1S/C17H18ClN5/c1-22-7-9-23(10-8-22)16-6-5-13(11-15(16)18)20-17-4-2-3-14(12-19)21-17/h2-6,11H,7-10H2,1H3,(H,20,21). The van der Waals surface area contributed by atoms with Crippen LogP contribution in [0.4, 0.5) is 17.2 Å². The number of anilines is 3. The van der Waals surface area contributed by atoms with Gasteiger partial charge in [-0.2, -0.15) is 5.26 Å². The molecule has 3 rings (SSSR count). The van der Waals surface area contributed by atoms with Gasteiger partial charge in [-0.3, -0.25) is 0 Å². The largest absolute Gasteiger partial charge is 0.368 e.